The van der Waals surface area contributed by atoms with Gasteiger partial charge in [0.25, 0.3) is 0 Å². The Bertz CT molecular complexity index is 1990. The number of nitrogens with zero attached hydrogens (tertiary/aromatic N) is 5. The molecular formula is C40H55N9O8. The molecule has 308 valence electrons. The number of aliphatic hydroxyl groups is 3. The van der Waals surface area contributed by atoms with Gasteiger partial charge >= 0.3 is 6.09 Å². The fourth-order valence-corrected chi connectivity index (χ4v) is 6.98. The fraction of sp³-hybridized carbons (Fsp3) is 0.500. The van der Waals surface area contributed by atoms with Crippen LogP contribution in [-0.4, -0.2) is 122 Å². The van der Waals surface area contributed by atoms with Crippen molar-refractivity contribution < 1.29 is 39.1 Å². The number of aryl methyl sites for hydroxylation is 1. The first-order valence-electron chi connectivity index (χ1n) is 19.6. The first-order valence-corrected chi connectivity index (χ1v) is 19.6. The highest BCUT2D eigenvalue weighted by atomic mass is 16.7. The number of nitrogen functional groups attached to an aromatic ring is 1. The summed E-state index contributed by atoms with van der Waals surface area (Å²) in [7, 11) is 0. The molecule has 0 spiro atoms. The number of fused-ring (bicyclic) bond motifs is 1. The Labute approximate surface area is 331 Å². The summed E-state index contributed by atoms with van der Waals surface area (Å²) in [5, 5.41) is 36.3. The molecule has 4 aromatic rings. The van der Waals surface area contributed by atoms with Crippen LogP contribution in [0.1, 0.15) is 54.9 Å². The van der Waals surface area contributed by atoms with Crippen molar-refractivity contribution in [3.63, 3.8) is 0 Å². The molecule has 2 saturated heterocycles. The van der Waals surface area contributed by atoms with Crippen molar-refractivity contribution in [1.82, 2.24) is 24.3 Å². The van der Waals surface area contributed by atoms with Crippen LogP contribution in [0.5, 0.6) is 5.75 Å². The summed E-state index contributed by atoms with van der Waals surface area (Å²) in [6.45, 7) is 8.78. The number of hydrogen-bond donors (Lipinski definition) is 7. The van der Waals surface area contributed by atoms with Crippen LogP contribution < -0.4 is 26.8 Å². The molecule has 57 heavy (non-hydrogen) atoms. The van der Waals surface area contributed by atoms with Crippen molar-refractivity contribution in [3.05, 3.63) is 70.9 Å². The van der Waals surface area contributed by atoms with Gasteiger partial charge in [-0.1, -0.05) is 44.0 Å². The molecule has 9 N–H and O–H groups in total. The zero-order chi connectivity index (χ0) is 40.5. The second-order valence-electron chi connectivity index (χ2n) is 14.6. The van der Waals surface area contributed by atoms with Gasteiger partial charge in [0.05, 0.1) is 17.8 Å². The predicted molar refractivity (Wildman–Crippen MR) is 214 cm³/mol. The number of hydrogen-bond acceptors (Lipinski definition) is 14. The maximum absolute atomic E-state index is 13.1. The average Bonchev–Trinajstić information content (AvgIpc) is 3.60. The van der Waals surface area contributed by atoms with E-state index in [2.05, 4.69) is 62.1 Å². The Morgan fingerprint density at radius 2 is 1.77 bits per heavy atom. The third kappa shape index (κ3) is 10.7. The smallest absolute Gasteiger partial charge is 0.410 e. The van der Waals surface area contributed by atoms with Crippen LogP contribution in [-0.2, 0) is 34.0 Å². The van der Waals surface area contributed by atoms with Gasteiger partial charge in [0.2, 0.25) is 18.1 Å². The van der Waals surface area contributed by atoms with Crippen LogP contribution in [0.3, 0.4) is 0 Å². The van der Waals surface area contributed by atoms with Crippen LogP contribution in [0.2, 0.25) is 0 Å². The number of piperazine rings is 1. The molecule has 0 aliphatic carbocycles. The quantitative estimate of drug-likeness (QED) is 0.0809. The zero-order valence-corrected chi connectivity index (χ0v) is 32.6. The van der Waals surface area contributed by atoms with E-state index >= 15 is 0 Å². The summed E-state index contributed by atoms with van der Waals surface area (Å²) in [5.74, 6) is 0.797. The Morgan fingerprint density at radius 3 is 2.53 bits per heavy atom. The summed E-state index contributed by atoms with van der Waals surface area (Å²) in [4.78, 5) is 38.5. The van der Waals surface area contributed by atoms with E-state index in [1.54, 1.807) is 23.1 Å². The van der Waals surface area contributed by atoms with Crippen molar-refractivity contribution in [3.8, 4) is 5.75 Å². The molecule has 2 aliphatic heterocycles. The largest absolute Gasteiger partial charge is 0.460 e. The molecule has 0 radical (unpaired) electrons. The number of rotatable bonds is 16. The van der Waals surface area contributed by atoms with E-state index in [4.69, 9.17) is 25.7 Å². The SMILES string of the molecule is CCCCCNc1nc(N)nc2ccn(Cc3ccc(CN4CCN(C(=O)OCc5ccc(O[C@@H]6OC[C@@H](O)[C@H](O)[C@H]6O)c(NC(=O)CCN)c5)CC4)cc3C)c12. The van der Waals surface area contributed by atoms with Crippen molar-refractivity contribution in [1.29, 1.82) is 0 Å². The number of aromatic nitrogens is 3. The van der Waals surface area contributed by atoms with Gasteiger partial charge in [-0.15, -0.1) is 0 Å². The topological polar surface area (TPSA) is 236 Å². The number of carbonyl (C=O) groups is 2. The molecule has 4 atom stereocenters. The zero-order valence-electron chi connectivity index (χ0n) is 32.6. The van der Waals surface area contributed by atoms with Crippen LogP contribution in [0.4, 0.5) is 22.2 Å². The highest BCUT2D eigenvalue weighted by molar-refractivity contribution is 5.92. The monoisotopic (exact) mass is 789 g/mol. The van der Waals surface area contributed by atoms with Crippen molar-refractivity contribution in [2.75, 3.05) is 62.2 Å². The van der Waals surface area contributed by atoms with Gasteiger partial charge < -0.3 is 61.1 Å². The lowest BCUT2D eigenvalue weighted by Crippen LogP contribution is -2.54. The number of nitrogens with one attached hydrogen (secondary N) is 2. The molecule has 2 amide bonds. The standard InChI is InChI=1S/C40H55N9O8/c1-3-4-5-13-43-37-34-29(45-39(42)46-37)11-14-49(34)22-28-8-6-26(19-25(28)2)21-47-15-17-48(18-16-47)40(54)56-23-27-7-9-32(30(20-27)44-33(51)10-12-41)57-38-36(53)35(52)31(50)24-55-38/h6-9,11,14,19-20,31,35-36,38,50,52-53H,3-5,10,12-13,15-18,21-24,41H2,1-2H3,(H,44,51)(H3,42,43,45,46)/t31-,35+,36-,38+/m1/s1. The van der Waals surface area contributed by atoms with Gasteiger partial charge in [-0.3, -0.25) is 9.69 Å². The summed E-state index contributed by atoms with van der Waals surface area (Å²) < 4.78 is 19.0. The molecule has 2 aromatic carbocycles. The number of amides is 2. The van der Waals surface area contributed by atoms with Crippen LogP contribution >= 0.6 is 0 Å². The number of benzene rings is 2. The molecule has 0 saturated carbocycles. The summed E-state index contributed by atoms with van der Waals surface area (Å²) in [6, 6.07) is 13.3. The minimum Gasteiger partial charge on any atom is -0.460 e. The third-order valence-corrected chi connectivity index (χ3v) is 10.2. The molecule has 2 fully saturated rings. The average molecular weight is 790 g/mol. The van der Waals surface area contributed by atoms with Crippen LogP contribution in [0.25, 0.3) is 11.0 Å². The molecule has 2 aliphatic rings. The van der Waals surface area contributed by atoms with E-state index in [1.807, 2.05) is 12.3 Å². The van der Waals surface area contributed by atoms with E-state index < -0.39 is 30.7 Å². The first-order chi connectivity index (χ1) is 27.5. The van der Waals surface area contributed by atoms with E-state index in [9.17, 15) is 24.9 Å². The van der Waals surface area contributed by atoms with Gasteiger partial charge in [0.1, 0.15) is 36.2 Å². The summed E-state index contributed by atoms with van der Waals surface area (Å²) in [5.41, 5.74) is 17.7. The number of ether oxygens (including phenoxy) is 3. The van der Waals surface area contributed by atoms with Gasteiger partial charge in [-0.05, 0) is 53.8 Å². The minimum absolute atomic E-state index is 0.0555. The Balaban J connectivity index is 1.01. The lowest BCUT2D eigenvalue weighted by molar-refractivity contribution is -0.241. The van der Waals surface area contributed by atoms with E-state index in [-0.39, 0.29) is 49.5 Å². The highest BCUT2D eigenvalue weighted by Gasteiger charge is 2.39. The normalized spacial score (nSPS) is 20.1. The Morgan fingerprint density at radius 1 is 0.982 bits per heavy atom. The number of carbonyl (C=O) groups excluding carboxylic acids is 2. The Hall–Kier alpha value is -5.04. The van der Waals surface area contributed by atoms with Crippen LogP contribution in [0.15, 0.2) is 48.7 Å². The maximum atomic E-state index is 13.1. The maximum Gasteiger partial charge on any atom is 0.410 e. The van der Waals surface area contributed by atoms with Gasteiger partial charge in [0.15, 0.2) is 5.82 Å². The molecule has 2 aromatic heterocycles. The second kappa shape index (κ2) is 19.4. The molecule has 0 bridgehead atoms. The molecule has 0 unspecified atom stereocenters. The number of unbranched alkanes of at least 4 members (excludes halogenated alkanes) is 2. The fourth-order valence-electron chi connectivity index (χ4n) is 6.98. The molecule has 17 nitrogen and oxygen atoms in total. The number of anilines is 3. The summed E-state index contributed by atoms with van der Waals surface area (Å²) >= 11 is 0. The lowest BCUT2D eigenvalue weighted by atomic mass is 10.0. The molecular weight excluding hydrogens is 734 g/mol. The minimum atomic E-state index is -1.52. The second-order valence-corrected chi connectivity index (χ2v) is 14.6. The molecule has 6 rings (SSSR count). The number of nitrogens with two attached hydrogens (primary N) is 2. The van der Waals surface area contributed by atoms with Gasteiger partial charge in [-0.2, -0.15) is 4.98 Å². The van der Waals surface area contributed by atoms with Gasteiger partial charge in [0, 0.05) is 65.0 Å². The van der Waals surface area contributed by atoms with Crippen LogP contribution in [0, 0.1) is 6.92 Å². The Kier molecular flexibility index (Phi) is 14.2. The lowest BCUT2D eigenvalue weighted by Gasteiger charge is -2.35. The van der Waals surface area contributed by atoms with E-state index in [0.29, 0.717) is 38.3 Å². The highest BCUT2D eigenvalue weighted by Crippen LogP contribution is 2.30. The molecule has 17 heteroatoms. The third-order valence-electron chi connectivity index (χ3n) is 10.2. The molecule has 4 heterocycles. The van der Waals surface area contributed by atoms with E-state index in [0.717, 1.165) is 49.2 Å². The first kappa shape index (κ1) is 41.6. The van der Waals surface area contributed by atoms with Crippen molar-refractivity contribution >= 4 is 40.5 Å². The van der Waals surface area contributed by atoms with Crippen molar-refractivity contribution in [2.24, 2.45) is 5.73 Å². The predicted octanol–water partition coefficient (Wildman–Crippen LogP) is 2.53. The summed E-state index contributed by atoms with van der Waals surface area (Å²) in [6.07, 6.45) is -0.548. The van der Waals surface area contributed by atoms with Gasteiger partial charge in [-0.25, -0.2) is 9.78 Å². The number of aliphatic hydroxyl groups excluding tert-OH is 3. The van der Waals surface area contributed by atoms with E-state index in [1.165, 1.54) is 16.7 Å². The van der Waals surface area contributed by atoms with Crippen molar-refractivity contribution in [2.45, 2.75) is 83.8 Å².